The quantitative estimate of drug-likeness (QED) is 0.876. The predicted octanol–water partition coefficient (Wildman–Crippen LogP) is 2.15. The van der Waals surface area contributed by atoms with E-state index in [2.05, 4.69) is 5.32 Å². The van der Waals surface area contributed by atoms with Crippen molar-refractivity contribution in [3.63, 3.8) is 0 Å². The van der Waals surface area contributed by atoms with Crippen LogP contribution in [0.4, 0.5) is 0 Å². The average Bonchev–Trinajstić information content (AvgIpc) is 3.12. The van der Waals surface area contributed by atoms with Crippen molar-refractivity contribution in [1.82, 2.24) is 9.62 Å². The zero-order valence-corrected chi connectivity index (χ0v) is 13.4. The molecule has 1 atom stereocenters. The Labute approximate surface area is 127 Å². The molecule has 0 aromatic heterocycles. The molecule has 0 spiro atoms. The minimum Gasteiger partial charge on any atom is -0.313 e. The molecule has 1 saturated heterocycles. The normalized spacial score (nSPS) is 22.9. The van der Waals surface area contributed by atoms with Gasteiger partial charge in [-0.05, 0) is 56.7 Å². The molecule has 1 aliphatic heterocycles. The first-order chi connectivity index (χ1) is 10.1. The van der Waals surface area contributed by atoms with Crippen molar-refractivity contribution in [2.45, 2.75) is 43.5 Å². The summed E-state index contributed by atoms with van der Waals surface area (Å²) in [6.45, 7) is 4.16. The molecule has 2 fully saturated rings. The summed E-state index contributed by atoms with van der Waals surface area (Å²) in [6, 6.07) is 7.60. The van der Waals surface area contributed by atoms with E-state index in [-0.39, 0.29) is 0 Å². The summed E-state index contributed by atoms with van der Waals surface area (Å²) in [5, 5.41) is 3.41. The molecule has 3 rings (SSSR count). The third kappa shape index (κ3) is 3.47. The molecule has 1 unspecified atom stereocenters. The highest BCUT2D eigenvalue weighted by Gasteiger charge is 2.34. The molecule has 1 aromatic carbocycles. The van der Waals surface area contributed by atoms with Crippen molar-refractivity contribution in [3.8, 4) is 0 Å². The van der Waals surface area contributed by atoms with Gasteiger partial charge in [-0.25, -0.2) is 8.42 Å². The Morgan fingerprint density at radius 1 is 1.19 bits per heavy atom. The van der Waals surface area contributed by atoms with Crippen LogP contribution >= 0.6 is 0 Å². The Hall–Kier alpha value is -0.910. The van der Waals surface area contributed by atoms with Crippen LogP contribution in [0.25, 0.3) is 0 Å². The highest BCUT2D eigenvalue weighted by atomic mass is 32.2. The third-order valence-corrected chi connectivity index (χ3v) is 6.45. The van der Waals surface area contributed by atoms with Gasteiger partial charge in [0.05, 0.1) is 4.90 Å². The maximum absolute atomic E-state index is 13.0. The Balaban J connectivity index is 1.84. The maximum atomic E-state index is 13.0. The molecule has 1 aliphatic carbocycles. The predicted molar refractivity (Wildman–Crippen MR) is 83.7 cm³/mol. The number of nitrogens with one attached hydrogen (secondary N) is 1. The second kappa shape index (κ2) is 6.07. The number of sulfonamides is 1. The van der Waals surface area contributed by atoms with Crippen LogP contribution in [0.5, 0.6) is 0 Å². The van der Waals surface area contributed by atoms with Gasteiger partial charge >= 0.3 is 0 Å². The fourth-order valence-corrected chi connectivity index (χ4v) is 4.79. The summed E-state index contributed by atoms with van der Waals surface area (Å²) in [5.74, 6) is 0.560. The lowest BCUT2D eigenvalue weighted by Crippen LogP contribution is -2.42. The number of aryl methyl sites for hydroxylation is 1. The molecule has 1 saturated carbocycles. The minimum absolute atomic E-state index is 0.308. The third-order valence-electron chi connectivity index (χ3n) is 4.46. The Morgan fingerprint density at radius 3 is 2.57 bits per heavy atom. The van der Waals surface area contributed by atoms with Crippen molar-refractivity contribution in [2.24, 2.45) is 5.92 Å². The molecule has 21 heavy (non-hydrogen) atoms. The topological polar surface area (TPSA) is 49.4 Å². The smallest absolute Gasteiger partial charge is 0.243 e. The lowest BCUT2D eigenvalue weighted by atomic mass is 10.2. The van der Waals surface area contributed by atoms with Crippen molar-refractivity contribution < 1.29 is 8.42 Å². The van der Waals surface area contributed by atoms with Gasteiger partial charge in [-0.2, -0.15) is 4.31 Å². The van der Waals surface area contributed by atoms with Crippen molar-refractivity contribution >= 4 is 10.0 Å². The van der Waals surface area contributed by atoms with Crippen LogP contribution in [0.3, 0.4) is 0 Å². The van der Waals surface area contributed by atoms with Crippen molar-refractivity contribution in [3.05, 3.63) is 29.8 Å². The van der Waals surface area contributed by atoms with Gasteiger partial charge in [-0.3, -0.25) is 0 Å². The number of hydrogen-bond acceptors (Lipinski definition) is 3. The summed E-state index contributed by atoms with van der Waals surface area (Å²) in [4.78, 5) is 0.462. The Morgan fingerprint density at radius 2 is 1.95 bits per heavy atom. The largest absolute Gasteiger partial charge is 0.313 e. The van der Waals surface area contributed by atoms with E-state index in [1.54, 1.807) is 10.4 Å². The van der Waals surface area contributed by atoms with Crippen LogP contribution in [-0.2, 0) is 10.0 Å². The van der Waals surface area contributed by atoms with E-state index in [9.17, 15) is 8.42 Å². The lowest BCUT2D eigenvalue weighted by molar-refractivity contribution is 0.358. The van der Waals surface area contributed by atoms with Gasteiger partial charge in [0.2, 0.25) is 10.0 Å². The molecule has 1 aromatic rings. The molecule has 1 N–H and O–H groups in total. The summed E-state index contributed by atoms with van der Waals surface area (Å²) < 4.78 is 27.7. The summed E-state index contributed by atoms with van der Waals surface area (Å²) >= 11 is 0. The van der Waals surface area contributed by atoms with Crippen LogP contribution in [-0.4, -0.2) is 38.4 Å². The first kappa shape index (κ1) is 15.0. The summed E-state index contributed by atoms with van der Waals surface area (Å²) in [6.07, 6.45) is 4.55. The summed E-state index contributed by atoms with van der Waals surface area (Å²) in [7, 11) is -3.38. The molecule has 0 radical (unpaired) electrons. The molecule has 4 nitrogen and oxygen atoms in total. The highest BCUT2D eigenvalue weighted by Crippen LogP contribution is 2.32. The molecule has 0 bridgehead atoms. The SMILES string of the molecule is Cc1ccccc1S(=O)(=O)N(CC1CC1)CC1CCCN1. The molecule has 0 amide bonds. The number of hydrogen-bond donors (Lipinski definition) is 1. The number of benzene rings is 1. The molecule has 5 heteroatoms. The van der Waals surface area contributed by atoms with Crippen LogP contribution < -0.4 is 5.32 Å². The fourth-order valence-electron chi connectivity index (χ4n) is 3.00. The molecule has 2 aliphatic rings. The van der Waals surface area contributed by atoms with E-state index < -0.39 is 10.0 Å². The Bertz CT molecular complexity index is 590. The van der Waals surface area contributed by atoms with Gasteiger partial charge in [-0.15, -0.1) is 0 Å². The second-order valence-corrected chi connectivity index (χ2v) is 8.23. The van der Waals surface area contributed by atoms with Gasteiger partial charge in [0.1, 0.15) is 0 Å². The van der Waals surface area contributed by atoms with E-state index in [1.165, 1.54) is 0 Å². The minimum atomic E-state index is -3.38. The van der Waals surface area contributed by atoms with Crippen molar-refractivity contribution in [2.75, 3.05) is 19.6 Å². The Kier molecular flexibility index (Phi) is 4.33. The van der Waals surface area contributed by atoms with Crippen LogP contribution in [0.2, 0.25) is 0 Å². The molecule has 1 heterocycles. The zero-order chi connectivity index (χ0) is 14.9. The zero-order valence-electron chi connectivity index (χ0n) is 12.6. The highest BCUT2D eigenvalue weighted by molar-refractivity contribution is 7.89. The van der Waals surface area contributed by atoms with E-state index in [0.717, 1.165) is 37.8 Å². The summed E-state index contributed by atoms with van der Waals surface area (Å²) in [5.41, 5.74) is 0.831. The first-order valence-electron chi connectivity index (χ1n) is 7.86. The van der Waals surface area contributed by atoms with Gasteiger partial charge in [-0.1, -0.05) is 18.2 Å². The van der Waals surface area contributed by atoms with Gasteiger partial charge in [0.25, 0.3) is 0 Å². The standard InChI is InChI=1S/C16H24N2O2S/c1-13-5-2-3-7-16(13)21(19,20)18(11-14-8-9-14)12-15-6-4-10-17-15/h2-3,5,7,14-15,17H,4,6,8-12H2,1H3. The van der Waals surface area contributed by atoms with Crippen LogP contribution in [0, 0.1) is 12.8 Å². The number of rotatable bonds is 6. The molecular formula is C16H24N2O2S. The first-order valence-corrected chi connectivity index (χ1v) is 9.30. The fraction of sp³-hybridized carbons (Fsp3) is 0.625. The van der Waals surface area contributed by atoms with Crippen LogP contribution in [0.1, 0.15) is 31.2 Å². The van der Waals surface area contributed by atoms with E-state index in [4.69, 9.17) is 0 Å². The van der Waals surface area contributed by atoms with E-state index in [0.29, 0.717) is 29.9 Å². The number of nitrogens with zero attached hydrogens (tertiary/aromatic N) is 1. The molecular weight excluding hydrogens is 284 g/mol. The van der Waals surface area contributed by atoms with E-state index in [1.807, 2.05) is 25.1 Å². The lowest BCUT2D eigenvalue weighted by Gasteiger charge is -2.26. The van der Waals surface area contributed by atoms with Gasteiger partial charge in [0.15, 0.2) is 0 Å². The average molecular weight is 308 g/mol. The van der Waals surface area contributed by atoms with Gasteiger partial charge < -0.3 is 5.32 Å². The maximum Gasteiger partial charge on any atom is 0.243 e. The van der Waals surface area contributed by atoms with Crippen molar-refractivity contribution in [1.29, 1.82) is 0 Å². The van der Waals surface area contributed by atoms with Gasteiger partial charge in [0, 0.05) is 19.1 Å². The molecule has 116 valence electrons. The van der Waals surface area contributed by atoms with Crippen LogP contribution in [0.15, 0.2) is 29.2 Å². The van der Waals surface area contributed by atoms with E-state index >= 15 is 0 Å². The second-order valence-electron chi connectivity index (χ2n) is 6.32. The monoisotopic (exact) mass is 308 g/mol.